The van der Waals surface area contributed by atoms with Crippen molar-refractivity contribution in [3.63, 3.8) is 0 Å². The number of aliphatic carboxylic acids is 1. The Bertz CT molecular complexity index is 918. The number of carboxylic acid groups (broad SMARTS) is 1. The molecule has 1 aromatic rings. The van der Waals surface area contributed by atoms with Crippen LogP contribution in [0.3, 0.4) is 0 Å². The van der Waals surface area contributed by atoms with E-state index in [0.29, 0.717) is 38.8 Å². The molecule has 1 atom stereocenters. The van der Waals surface area contributed by atoms with Gasteiger partial charge in [0.15, 0.2) is 0 Å². The summed E-state index contributed by atoms with van der Waals surface area (Å²) in [4.78, 5) is 34.8. The monoisotopic (exact) mass is 598 g/mol. The van der Waals surface area contributed by atoms with Gasteiger partial charge in [-0.25, -0.2) is 14.2 Å². The van der Waals surface area contributed by atoms with Crippen molar-refractivity contribution in [2.24, 2.45) is 5.84 Å². The average Bonchev–Trinajstić information content (AvgIpc) is 2.94. The quantitative estimate of drug-likeness (QED) is 0.0389. The van der Waals surface area contributed by atoms with Crippen molar-refractivity contribution in [2.75, 3.05) is 13.1 Å². The van der Waals surface area contributed by atoms with Gasteiger partial charge >= 0.3 is 13.1 Å². The molecule has 0 fully saturated rings. The molecule has 0 radical (unpaired) electrons. The van der Waals surface area contributed by atoms with Gasteiger partial charge < -0.3 is 25.8 Å². The minimum Gasteiger partial charge on any atom is -0.480 e. The smallest absolute Gasteiger partial charge is 0.480 e. The molecule has 1 aromatic carbocycles. The molecule has 238 valence electrons. The van der Waals surface area contributed by atoms with Crippen molar-refractivity contribution in [3.05, 3.63) is 29.3 Å². The maximum atomic E-state index is 14.0. The van der Waals surface area contributed by atoms with Gasteiger partial charge in [-0.1, -0.05) is 70.6 Å². The Kier molecular flexibility index (Phi) is 20.4. The predicted molar refractivity (Wildman–Crippen MR) is 159 cm³/mol. The van der Waals surface area contributed by atoms with Gasteiger partial charge in [-0.15, -0.1) is 0 Å². The lowest BCUT2D eigenvalue weighted by Crippen LogP contribution is -2.41. The number of hydrogen-bond acceptors (Lipinski definition) is 7. The van der Waals surface area contributed by atoms with Crippen LogP contribution in [0.1, 0.15) is 120 Å². The highest BCUT2D eigenvalue weighted by Crippen LogP contribution is 2.14. The third kappa shape index (κ3) is 16.7. The Morgan fingerprint density at radius 2 is 1.19 bits per heavy atom. The molecule has 0 saturated heterocycles. The Hall–Kier alpha value is -2.61. The molecule has 2 amide bonds. The summed E-state index contributed by atoms with van der Waals surface area (Å²) in [5.74, 6) is 1.15. The third-order valence-corrected chi connectivity index (χ3v) is 7.20. The summed E-state index contributed by atoms with van der Waals surface area (Å²) < 4.78 is 28.0. The Morgan fingerprint density at radius 1 is 0.738 bits per heavy atom. The van der Waals surface area contributed by atoms with E-state index in [-0.39, 0.29) is 11.4 Å². The number of carboxylic acids is 1. The van der Waals surface area contributed by atoms with E-state index in [4.69, 9.17) is 21.0 Å². The Balaban J connectivity index is 1.89. The maximum Gasteiger partial charge on any atom is 0.488 e. The SMILES string of the molecule is NNC(CCCCNC(=O)CCCCCCCCCCCCCCCNC(=O)c1c(F)cc(B(O)O)cc1F)C(=O)O. The second-order valence-corrected chi connectivity index (χ2v) is 10.7. The van der Waals surface area contributed by atoms with Crippen LogP contribution in [0.4, 0.5) is 8.78 Å². The number of rotatable bonds is 25. The highest BCUT2D eigenvalue weighted by Gasteiger charge is 2.22. The number of amides is 2. The van der Waals surface area contributed by atoms with Crippen LogP contribution in [-0.4, -0.2) is 59.2 Å². The first-order chi connectivity index (χ1) is 20.2. The minimum atomic E-state index is -2.01. The Labute approximate surface area is 248 Å². The van der Waals surface area contributed by atoms with Crippen LogP contribution in [-0.2, 0) is 9.59 Å². The number of halogens is 2. The van der Waals surface area contributed by atoms with Gasteiger partial charge in [0.2, 0.25) is 5.91 Å². The van der Waals surface area contributed by atoms with Gasteiger partial charge in [0, 0.05) is 19.5 Å². The fourth-order valence-corrected chi connectivity index (χ4v) is 4.67. The topological polar surface area (TPSA) is 174 Å². The molecule has 8 N–H and O–H groups in total. The minimum absolute atomic E-state index is 0.0459. The first-order valence-corrected chi connectivity index (χ1v) is 15.3. The first kappa shape index (κ1) is 37.4. The Morgan fingerprint density at radius 3 is 1.67 bits per heavy atom. The van der Waals surface area contributed by atoms with Crippen molar-refractivity contribution in [3.8, 4) is 0 Å². The second-order valence-electron chi connectivity index (χ2n) is 10.7. The number of carbonyl (C=O) groups excluding carboxylic acids is 2. The van der Waals surface area contributed by atoms with Crippen LogP contribution in [0, 0.1) is 11.6 Å². The molecule has 42 heavy (non-hydrogen) atoms. The summed E-state index contributed by atoms with van der Waals surface area (Å²) in [6, 6.07) is 0.729. The molecule has 13 heteroatoms. The first-order valence-electron chi connectivity index (χ1n) is 15.3. The summed E-state index contributed by atoms with van der Waals surface area (Å²) in [5.41, 5.74) is 1.19. The van der Waals surface area contributed by atoms with Crippen LogP contribution in [0.25, 0.3) is 0 Å². The number of benzene rings is 1. The molecule has 1 rings (SSSR count). The van der Waals surface area contributed by atoms with Gasteiger partial charge in [0.1, 0.15) is 23.2 Å². The fourth-order valence-electron chi connectivity index (χ4n) is 4.67. The zero-order chi connectivity index (χ0) is 31.2. The molecule has 0 aliphatic carbocycles. The van der Waals surface area contributed by atoms with Crippen molar-refractivity contribution < 1.29 is 38.3 Å². The molecular weight excluding hydrogens is 549 g/mol. The van der Waals surface area contributed by atoms with Crippen molar-refractivity contribution >= 4 is 30.4 Å². The van der Waals surface area contributed by atoms with Crippen LogP contribution >= 0.6 is 0 Å². The number of hydrogen-bond donors (Lipinski definition) is 7. The third-order valence-electron chi connectivity index (χ3n) is 7.20. The van der Waals surface area contributed by atoms with Gasteiger partial charge in [-0.05, 0) is 49.7 Å². The summed E-state index contributed by atoms with van der Waals surface area (Å²) >= 11 is 0. The molecule has 10 nitrogen and oxygen atoms in total. The van der Waals surface area contributed by atoms with Crippen LogP contribution < -0.4 is 27.4 Å². The summed E-state index contributed by atoms with van der Waals surface area (Å²) in [5, 5.41) is 32.3. The van der Waals surface area contributed by atoms with Gasteiger partial charge in [0.25, 0.3) is 5.91 Å². The lowest BCUT2D eigenvalue weighted by atomic mass is 9.79. The van der Waals surface area contributed by atoms with E-state index in [9.17, 15) is 23.2 Å². The average molecular weight is 599 g/mol. The lowest BCUT2D eigenvalue weighted by molar-refractivity contribution is -0.139. The molecular formula is C29H49BF2N4O6. The largest absolute Gasteiger partial charge is 0.488 e. The zero-order valence-corrected chi connectivity index (χ0v) is 24.6. The van der Waals surface area contributed by atoms with Crippen LogP contribution in [0.2, 0.25) is 0 Å². The van der Waals surface area contributed by atoms with Crippen LogP contribution in [0.15, 0.2) is 12.1 Å². The highest BCUT2D eigenvalue weighted by atomic mass is 19.1. The van der Waals surface area contributed by atoms with E-state index in [1.54, 1.807) is 0 Å². The zero-order valence-electron chi connectivity index (χ0n) is 24.6. The molecule has 0 spiro atoms. The van der Waals surface area contributed by atoms with E-state index in [2.05, 4.69) is 16.1 Å². The highest BCUT2D eigenvalue weighted by molar-refractivity contribution is 6.58. The maximum absolute atomic E-state index is 14.0. The molecule has 0 heterocycles. The molecule has 1 unspecified atom stereocenters. The van der Waals surface area contributed by atoms with Crippen molar-refractivity contribution in [2.45, 2.75) is 115 Å². The number of nitrogens with one attached hydrogen (secondary N) is 3. The van der Waals surface area contributed by atoms with Gasteiger partial charge in [-0.2, -0.15) is 0 Å². The van der Waals surface area contributed by atoms with E-state index < -0.39 is 42.2 Å². The molecule has 0 aromatic heterocycles. The predicted octanol–water partition coefficient (Wildman–Crippen LogP) is 3.04. The van der Waals surface area contributed by atoms with Gasteiger partial charge in [-0.3, -0.25) is 20.2 Å². The number of carbonyl (C=O) groups is 3. The van der Waals surface area contributed by atoms with Crippen LogP contribution in [0.5, 0.6) is 0 Å². The number of hydrazine groups is 1. The summed E-state index contributed by atoms with van der Waals surface area (Å²) in [6.07, 6.45) is 16.3. The normalized spacial score (nSPS) is 11.7. The standard InChI is InChI=1S/C29H49BF2N4O6/c31-23-20-22(30(41)42)21-24(32)27(23)28(38)35-19-14-11-9-7-5-3-1-2-4-6-8-10-12-17-26(37)34-18-15-13-16-25(36-33)29(39)40/h20-21,25,36,41-42H,1-19,33H2,(H,34,37)(H,35,38)(H,39,40). The number of nitrogens with two attached hydrogens (primary N) is 1. The van der Waals surface area contributed by atoms with E-state index in [0.717, 1.165) is 63.5 Å². The molecule has 0 saturated carbocycles. The number of unbranched alkanes of at least 4 members (excludes halogenated alkanes) is 13. The fraction of sp³-hybridized carbons (Fsp3) is 0.690. The van der Waals surface area contributed by atoms with E-state index >= 15 is 0 Å². The van der Waals surface area contributed by atoms with Crippen molar-refractivity contribution in [1.82, 2.24) is 16.1 Å². The van der Waals surface area contributed by atoms with E-state index in [1.165, 1.54) is 32.1 Å². The van der Waals surface area contributed by atoms with E-state index in [1.807, 2.05) is 0 Å². The lowest BCUT2D eigenvalue weighted by Gasteiger charge is -2.10. The molecule has 0 bridgehead atoms. The molecule has 0 aliphatic heterocycles. The summed E-state index contributed by atoms with van der Waals surface area (Å²) in [7, 11) is -2.01. The van der Waals surface area contributed by atoms with Crippen molar-refractivity contribution in [1.29, 1.82) is 0 Å². The summed E-state index contributed by atoms with van der Waals surface area (Å²) in [6.45, 7) is 0.867. The second kappa shape index (κ2) is 22.9. The molecule has 0 aliphatic rings. The van der Waals surface area contributed by atoms with Gasteiger partial charge in [0.05, 0.1) is 0 Å².